The lowest BCUT2D eigenvalue weighted by Crippen LogP contribution is -2.45. The van der Waals surface area contributed by atoms with E-state index in [1.807, 2.05) is 43.4 Å². The van der Waals surface area contributed by atoms with E-state index in [9.17, 15) is 0 Å². The molecule has 0 unspecified atom stereocenters. The molecule has 7 heteroatoms. The van der Waals surface area contributed by atoms with E-state index in [0.717, 1.165) is 47.0 Å². The average Bonchev–Trinajstić information content (AvgIpc) is 3.00. The molecule has 1 fully saturated rings. The molecule has 5 rings (SSSR count). The van der Waals surface area contributed by atoms with Crippen molar-refractivity contribution in [2.45, 2.75) is 5.92 Å². The van der Waals surface area contributed by atoms with E-state index in [1.54, 1.807) is 12.4 Å². The van der Waals surface area contributed by atoms with Crippen LogP contribution in [0.1, 0.15) is 11.6 Å². The number of hydrogen-bond donors (Lipinski definition) is 0. The molecule has 0 aliphatic carbocycles. The minimum Gasteiger partial charge on any atom is -0.355 e. The predicted octanol–water partition coefficient (Wildman–Crippen LogP) is 3.68. The van der Waals surface area contributed by atoms with Crippen LogP contribution in [0.3, 0.4) is 0 Å². The number of aryl methyl sites for hydroxylation is 1. The number of para-hydroxylation sites is 2. The Balaban J connectivity index is 1.46. The molecule has 1 saturated heterocycles. The van der Waals surface area contributed by atoms with Crippen molar-refractivity contribution in [3.8, 4) is 11.4 Å². The Morgan fingerprint density at radius 2 is 1.96 bits per heavy atom. The van der Waals surface area contributed by atoms with Crippen LogP contribution in [-0.4, -0.2) is 37.8 Å². The number of imidazole rings is 1. The summed E-state index contributed by atoms with van der Waals surface area (Å²) >= 11 is 6.47. The Labute approximate surface area is 161 Å². The van der Waals surface area contributed by atoms with E-state index in [4.69, 9.17) is 16.6 Å². The smallest absolute Gasteiger partial charge is 0.142 e. The summed E-state index contributed by atoms with van der Waals surface area (Å²) in [6, 6.07) is 14.0. The van der Waals surface area contributed by atoms with Crippen molar-refractivity contribution in [1.29, 1.82) is 0 Å². The molecular formula is C20H17ClN6. The third-order valence-corrected chi connectivity index (χ3v) is 5.39. The minimum atomic E-state index is 0.385. The van der Waals surface area contributed by atoms with Gasteiger partial charge in [0.25, 0.3) is 0 Å². The fourth-order valence-corrected chi connectivity index (χ4v) is 3.73. The number of pyridine rings is 1. The number of benzene rings is 1. The van der Waals surface area contributed by atoms with Crippen LogP contribution in [0, 0.1) is 0 Å². The Bertz CT molecular complexity index is 1120. The number of hydrogen-bond acceptors (Lipinski definition) is 5. The summed E-state index contributed by atoms with van der Waals surface area (Å²) in [5, 5.41) is 8.78. The molecule has 0 amide bonds. The summed E-state index contributed by atoms with van der Waals surface area (Å²) in [7, 11) is 2.01. The van der Waals surface area contributed by atoms with Gasteiger partial charge in [-0.15, -0.1) is 0 Å². The molecule has 0 radical (unpaired) electrons. The molecule has 6 nitrogen and oxygen atoms in total. The zero-order chi connectivity index (χ0) is 18.4. The van der Waals surface area contributed by atoms with Crippen LogP contribution in [-0.2, 0) is 7.05 Å². The molecule has 1 aromatic carbocycles. The van der Waals surface area contributed by atoms with Crippen LogP contribution in [0.2, 0.25) is 5.02 Å². The lowest BCUT2D eigenvalue weighted by atomic mass is 9.96. The number of rotatable bonds is 3. The van der Waals surface area contributed by atoms with E-state index in [1.165, 1.54) is 0 Å². The van der Waals surface area contributed by atoms with Crippen molar-refractivity contribution < 1.29 is 0 Å². The van der Waals surface area contributed by atoms with Crippen molar-refractivity contribution in [3.05, 3.63) is 65.6 Å². The van der Waals surface area contributed by atoms with Crippen molar-refractivity contribution in [3.63, 3.8) is 0 Å². The Morgan fingerprint density at radius 1 is 1.11 bits per heavy atom. The molecule has 1 aliphatic rings. The highest BCUT2D eigenvalue weighted by Gasteiger charge is 2.31. The van der Waals surface area contributed by atoms with Gasteiger partial charge in [-0.25, -0.2) is 9.97 Å². The van der Waals surface area contributed by atoms with Gasteiger partial charge in [0, 0.05) is 44.0 Å². The molecule has 0 bridgehead atoms. The Kier molecular flexibility index (Phi) is 3.79. The van der Waals surface area contributed by atoms with Crippen LogP contribution >= 0.6 is 11.6 Å². The van der Waals surface area contributed by atoms with Crippen LogP contribution in [0.5, 0.6) is 0 Å². The van der Waals surface area contributed by atoms with Gasteiger partial charge in [0.05, 0.1) is 21.7 Å². The second-order valence-corrected chi connectivity index (χ2v) is 7.16. The summed E-state index contributed by atoms with van der Waals surface area (Å²) in [5.74, 6) is 2.13. The quantitative estimate of drug-likeness (QED) is 0.546. The van der Waals surface area contributed by atoms with Gasteiger partial charge < -0.3 is 9.47 Å². The van der Waals surface area contributed by atoms with Crippen LogP contribution in [0.25, 0.3) is 22.4 Å². The number of anilines is 1. The first-order valence-corrected chi connectivity index (χ1v) is 9.18. The zero-order valence-electron chi connectivity index (χ0n) is 14.7. The third kappa shape index (κ3) is 2.73. The molecule has 134 valence electrons. The lowest BCUT2D eigenvalue weighted by molar-refractivity contribution is 0.504. The summed E-state index contributed by atoms with van der Waals surface area (Å²) in [5.41, 5.74) is 3.95. The maximum atomic E-state index is 6.47. The summed E-state index contributed by atoms with van der Waals surface area (Å²) < 4.78 is 2.07. The summed E-state index contributed by atoms with van der Waals surface area (Å²) in [4.78, 5) is 11.5. The highest BCUT2D eigenvalue weighted by molar-refractivity contribution is 6.33. The number of nitrogens with zero attached hydrogens (tertiary/aromatic N) is 6. The SMILES string of the molecule is Cn1c(-c2cc(N3CC(c4cccnn4)C3)ncc2Cl)nc2ccccc21. The molecule has 4 aromatic rings. The van der Waals surface area contributed by atoms with Gasteiger partial charge >= 0.3 is 0 Å². The fraction of sp³-hybridized carbons (Fsp3) is 0.200. The molecule has 0 atom stereocenters. The van der Waals surface area contributed by atoms with Crippen molar-refractivity contribution >= 4 is 28.5 Å². The average molecular weight is 377 g/mol. The van der Waals surface area contributed by atoms with Gasteiger partial charge in [0.15, 0.2) is 0 Å². The zero-order valence-corrected chi connectivity index (χ0v) is 15.5. The first-order chi connectivity index (χ1) is 13.2. The highest BCUT2D eigenvalue weighted by atomic mass is 35.5. The number of fused-ring (bicyclic) bond motifs is 1. The molecule has 27 heavy (non-hydrogen) atoms. The van der Waals surface area contributed by atoms with Crippen molar-refractivity contribution in [2.75, 3.05) is 18.0 Å². The van der Waals surface area contributed by atoms with Crippen LogP contribution < -0.4 is 4.90 Å². The van der Waals surface area contributed by atoms with Gasteiger partial charge in [-0.1, -0.05) is 23.7 Å². The van der Waals surface area contributed by atoms with Gasteiger partial charge in [-0.05, 0) is 30.3 Å². The lowest BCUT2D eigenvalue weighted by Gasteiger charge is -2.39. The second-order valence-electron chi connectivity index (χ2n) is 6.76. The van der Waals surface area contributed by atoms with E-state index in [-0.39, 0.29) is 0 Å². The third-order valence-electron chi connectivity index (χ3n) is 5.09. The predicted molar refractivity (Wildman–Crippen MR) is 106 cm³/mol. The van der Waals surface area contributed by atoms with Gasteiger partial charge in [0.2, 0.25) is 0 Å². The van der Waals surface area contributed by atoms with E-state index in [0.29, 0.717) is 10.9 Å². The second kappa shape index (κ2) is 6.32. The molecule has 1 aliphatic heterocycles. The number of halogens is 1. The summed E-state index contributed by atoms with van der Waals surface area (Å²) in [6.07, 6.45) is 3.41. The Morgan fingerprint density at radius 3 is 2.74 bits per heavy atom. The van der Waals surface area contributed by atoms with Gasteiger partial charge in [-0.2, -0.15) is 10.2 Å². The van der Waals surface area contributed by atoms with E-state index >= 15 is 0 Å². The normalized spacial score (nSPS) is 14.5. The largest absolute Gasteiger partial charge is 0.355 e. The molecule has 3 aromatic heterocycles. The topological polar surface area (TPSA) is 59.7 Å². The molecule has 0 N–H and O–H groups in total. The van der Waals surface area contributed by atoms with Crippen LogP contribution in [0.15, 0.2) is 54.9 Å². The number of aromatic nitrogens is 5. The minimum absolute atomic E-state index is 0.385. The monoisotopic (exact) mass is 376 g/mol. The standard InChI is InChI=1S/C20H17ClN6/c1-26-18-7-3-2-5-17(18)24-20(26)14-9-19(22-10-15(14)21)27-11-13(12-27)16-6-4-8-23-25-16/h2-10,13H,11-12H2,1H3. The van der Waals surface area contributed by atoms with E-state index < -0.39 is 0 Å². The first-order valence-electron chi connectivity index (χ1n) is 8.80. The van der Waals surface area contributed by atoms with Crippen molar-refractivity contribution in [1.82, 2.24) is 24.7 Å². The van der Waals surface area contributed by atoms with Crippen molar-refractivity contribution in [2.24, 2.45) is 7.05 Å². The molecular weight excluding hydrogens is 360 g/mol. The van der Waals surface area contributed by atoms with Gasteiger partial charge in [-0.3, -0.25) is 0 Å². The Hall–Kier alpha value is -2.99. The fourth-order valence-electron chi connectivity index (χ4n) is 3.54. The molecule has 0 spiro atoms. The van der Waals surface area contributed by atoms with Crippen LogP contribution in [0.4, 0.5) is 5.82 Å². The first kappa shape index (κ1) is 16.2. The maximum absolute atomic E-state index is 6.47. The van der Waals surface area contributed by atoms with E-state index in [2.05, 4.69) is 30.7 Å². The van der Waals surface area contributed by atoms with Gasteiger partial charge in [0.1, 0.15) is 11.6 Å². The highest BCUT2D eigenvalue weighted by Crippen LogP contribution is 2.35. The molecule has 4 heterocycles. The maximum Gasteiger partial charge on any atom is 0.142 e. The molecule has 0 saturated carbocycles. The summed E-state index contributed by atoms with van der Waals surface area (Å²) in [6.45, 7) is 1.74.